The molecule has 9 nitrogen and oxygen atoms in total. The van der Waals surface area contributed by atoms with E-state index < -0.39 is 50.0 Å². The highest BCUT2D eigenvalue weighted by Gasteiger charge is 2.49. The summed E-state index contributed by atoms with van der Waals surface area (Å²) in [6, 6.07) is 14.7. The van der Waals surface area contributed by atoms with E-state index in [4.69, 9.17) is 4.74 Å². The van der Waals surface area contributed by atoms with Crippen LogP contribution in [0.4, 0.5) is 18.9 Å². The number of nitrogens with one attached hydrogen (secondary N) is 2. The van der Waals surface area contributed by atoms with Gasteiger partial charge >= 0.3 is 11.5 Å². The van der Waals surface area contributed by atoms with Crippen LogP contribution in [0.5, 0.6) is 5.75 Å². The molecule has 230 valence electrons. The topological polar surface area (TPSA) is 139 Å². The first-order valence-electron chi connectivity index (χ1n) is 13.5. The Labute approximate surface area is 250 Å². The maximum atomic E-state index is 13.6. The zero-order chi connectivity index (χ0) is 31.8. The number of allylic oxidation sites excluding steroid dienone is 1. The number of sulfone groups is 1. The smallest absolute Gasteiger partial charge is 0.496 e. The minimum Gasteiger partial charge on any atom is -0.496 e. The van der Waals surface area contributed by atoms with Gasteiger partial charge in [0.25, 0.3) is 15.7 Å². The summed E-state index contributed by atoms with van der Waals surface area (Å²) < 4.78 is 68.3. The molecule has 13 heteroatoms. The first-order valence-corrected chi connectivity index (χ1v) is 15.0. The van der Waals surface area contributed by atoms with Gasteiger partial charge < -0.3 is 20.5 Å². The molecule has 5 rings (SSSR count). The van der Waals surface area contributed by atoms with Gasteiger partial charge in [0.05, 0.1) is 29.1 Å². The molecule has 2 aliphatic rings. The number of fused-ring (bicyclic) bond motifs is 2. The SMILES string of the molecule is COc1ccc(Cc2ccccc2C(=O)O)cc1C(=O)N[C@H]1[C@@H](C(=O)Nc2cccc(S(=O)(=O)C(F)(F)F)c2)[C@@H]2C=C[C@H]1C2. The lowest BCUT2D eigenvalue weighted by atomic mass is 9.87. The number of alkyl halides is 3. The number of carboxylic acid groups (broad SMARTS) is 1. The third-order valence-corrected chi connectivity index (χ3v) is 9.41. The average Bonchev–Trinajstić information content (AvgIpc) is 3.59. The second-order valence-corrected chi connectivity index (χ2v) is 12.6. The van der Waals surface area contributed by atoms with Gasteiger partial charge in [0, 0.05) is 11.7 Å². The molecular formula is C31H27F3N2O7S. The Balaban J connectivity index is 1.36. The molecule has 1 fully saturated rings. The van der Waals surface area contributed by atoms with Crippen LogP contribution in [0, 0.1) is 17.8 Å². The Bertz CT molecular complexity index is 1770. The normalized spacial score (nSPS) is 20.7. The fourth-order valence-electron chi connectivity index (χ4n) is 5.85. The Hall–Kier alpha value is -4.65. The van der Waals surface area contributed by atoms with Crippen LogP contribution in [0.2, 0.25) is 0 Å². The zero-order valence-electron chi connectivity index (χ0n) is 23.2. The molecular weight excluding hydrogens is 601 g/mol. The molecule has 0 aliphatic heterocycles. The molecule has 3 aromatic rings. The maximum Gasteiger partial charge on any atom is 0.501 e. The van der Waals surface area contributed by atoms with Crippen molar-refractivity contribution in [1.29, 1.82) is 0 Å². The number of carbonyl (C=O) groups excluding carboxylic acids is 2. The predicted molar refractivity (Wildman–Crippen MR) is 153 cm³/mol. The van der Waals surface area contributed by atoms with Crippen molar-refractivity contribution in [3.05, 3.63) is 101 Å². The van der Waals surface area contributed by atoms with E-state index in [-0.39, 0.29) is 40.8 Å². The predicted octanol–water partition coefficient (Wildman–Crippen LogP) is 4.84. The van der Waals surface area contributed by atoms with Crippen LogP contribution < -0.4 is 15.4 Å². The third kappa shape index (κ3) is 5.91. The van der Waals surface area contributed by atoms with Gasteiger partial charge in [0.2, 0.25) is 5.91 Å². The standard InChI is InChI=1S/C31H27F3N2O7S/c1-43-25-12-9-17(13-18-5-2-3-8-23(18)30(39)40)14-24(25)28(37)36-27-20-11-10-19(15-20)26(27)29(38)35-21-6-4-7-22(16-21)44(41,42)31(32,33)34/h2-12,14,16,19-20,26-27H,13,15H2,1H3,(H,35,38)(H,36,37)(H,39,40)/t19-,20+,26+,27-/m1/s1. The van der Waals surface area contributed by atoms with Gasteiger partial charge in [-0.05, 0) is 72.2 Å². The van der Waals surface area contributed by atoms with E-state index >= 15 is 0 Å². The van der Waals surface area contributed by atoms with E-state index in [1.165, 1.54) is 19.2 Å². The number of ether oxygens (including phenoxy) is 1. The number of benzene rings is 3. The summed E-state index contributed by atoms with van der Waals surface area (Å²) in [6.07, 6.45) is 4.54. The van der Waals surface area contributed by atoms with Crippen LogP contribution in [0.3, 0.4) is 0 Å². The van der Waals surface area contributed by atoms with Crippen molar-refractivity contribution < 1.29 is 45.8 Å². The molecule has 0 aromatic heterocycles. The summed E-state index contributed by atoms with van der Waals surface area (Å²) in [5, 5.41) is 15.0. The summed E-state index contributed by atoms with van der Waals surface area (Å²) in [6.45, 7) is 0. The van der Waals surface area contributed by atoms with Gasteiger partial charge in [0.15, 0.2) is 0 Å². The van der Waals surface area contributed by atoms with Crippen molar-refractivity contribution in [3.8, 4) is 5.75 Å². The van der Waals surface area contributed by atoms with Crippen molar-refractivity contribution in [2.45, 2.75) is 29.3 Å². The van der Waals surface area contributed by atoms with Crippen LogP contribution >= 0.6 is 0 Å². The zero-order valence-corrected chi connectivity index (χ0v) is 24.0. The third-order valence-electron chi connectivity index (χ3n) is 7.93. The van der Waals surface area contributed by atoms with Crippen LogP contribution in [0.25, 0.3) is 0 Å². The minimum atomic E-state index is -5.62. The van der Waals surface area contributed by atoms with E-state index in [2.05, 4.69) is 10.6 Å². The van der Waals surface area contributed by atoms with E-state index in [9.17, 15) is 41.1 Å². The molecule has 3 aromatic carbocycles. The Morgan fingerprint density at radius 2 is 1.68 bits per heavy atom. The Morgan fingerprint density at radius 3 is 2.39 bits per heavy atom. The highest BCUT2D eigenvalue weighted by molar-refractivity contribution is 7.92. The summed E-state index contributed by atoms with van der Waals surface area (Å²) in [7, 11) is -4.22. The molecule has 0 heterocycles. The lowest BCUT2D eigenvalue weighted by Crippen LogP contribution is -2.47. The van der Waals surface area contributed by atoms with E-state index in [1.807, 2.05) is 12.2 Å². The molecule has 0 saturated heterocycles. The van der Waals surface area contributed by atoms with Crippen LogP contribution in [-0.2, 0) is 21.1 Å². The van der Waals surface area contributed by atoms with Gasteiger partial charge in [-0.25, -0.2) is 13.2 Å². The van der Waals surface area contributed by atoms with Crippen molar-refractivity contribution >= 4 is 33.3 Å². The highest BCUT2D eigenvalue weighted by atomic mass is 32.2. The number of anilines is 1. The van der Waals surface area contributed by atoms with Gasteiger partial charge in [-0.1, -0.05) is 42.5 Å². The molecule has 2 amide bonds. The average molecular weight is 629 g/mol. The molecule has 4 atom stereocenters. The highest BCUT2D eigenvalue weighted by Crippen LogP contribution is 2.44. The number of aromatic carboxylic acids is 1. The van der Waals surface area contributed by atoms with E-state index in [0.29, 0.717) is 17.5 Å². The first-order chi connectivity index (χ1) is 20.8. The number of rotatable bonds is 9. The van der Waals surface area contributed by atoms with E-state index in [0.717, 1.165) is 18.2 Å². The summed E-state index contributed by atoms with van der Waals surface area (Å²) in [5.74, 6) is -3.15. The Morgan fingerprint density at radius 1 is 0.955 bits per heavy atom. The molecule has 2 bridgehead atoms. The number of halogens is 3. The van der Waals surface area contributed by atoms with Gasteiger partial charge in [-0.3, -0.25) is 9.59 Å². The quantitative estimate of drug-likeness (QED) is 0.289. The summed E-state index contributed by atoms with van der Waals surface area (Å²) >= 11 is 0. The van der Waals surface area contributed by atoms with Gasteiger partial charge in [-0.2, -0.15) is 13.2 Å². The fraction of sp³-hybridized carbons (Fsp3) is 0.258. The molecule has 1 saturated carbocycles. The molecule has 2 aliphatic carbocycles. The first kappa shape index (κ1) is 30.8. The lowest BCUT2D eigenvalue weighted by Gasteiger charge is -2.28. The van der Waals surface area contributed by atoms with Crippen LogP contribution in [0.15, 0.2) is 83.8 Å². The van der Waals surface area contributed by atoms with Crippen molar-refractivity contribution in [2.75, 3.05) is 12.4 Å². The molecule has 0 radical (unpaired) electrons. The number of hydrogen-bond donors (Lipinski definition) is 3. The Kier molecular flexibility index (Phi) is 8.25. The van der Waals surface area contributed by atoms with Gasteiger partial charge in [-0.15, -0.1) is 0 Å². The second-order valence-electron chi connectivity index (χ2n) is 10.6. The molecule has 44 heavy (non-hydrogen) atoms. The number of carbonyl (C=O) groups is 3. The van der Waals surface area contributed by atoms with Crippen molar-refractivity contribution in [2.24, 2.45) is 17.8 Å². The number of methoxy groups -OCH3 is 1. The molecule has 3 N–H and O–H groups in total. The van der Waals surface area contributed by atoms with Crippen LogP contribution in [0.1, 0.15) is 38.3 Å². The minimum absolute atomic E-state index is 0.131. The fourth-order valence-corrected chi connectivity index (χ4v) is 6.66. The largest absolute Gasteiger partial charge is 0.501 e. The maximum absolute atomic E-state index is 13.6. The van der Waals surface area contributed by atoms with Gasteiger partial charge in [0.1, 0.15) is 5.75 Å². The van der Waals surface area contributed by atoms with Crippen LogP contribution in [-0.4, -0.2) is 50.0 Å². The van der Waals surface area contributed by atoms with Crippen molar-refractivity contribution in [1.82, 2.24) is 5.32 Å². The number of hydrogen-bond acceptors (Lipinski definition) is 6. The lowest BCUT2D eigenvalue weighted by molar-refractivity contribution is -0.121. The second kappa shape index (κ2) is 11.8. The molecule has 0 unspecified atom stereocenters. The monoisotopic (exact) mass is 628 g/mol. The number of amides is 2. The summed E-state index contributed by atoms with van der Waals surface area (Å²) in [5.41, 5.74) is -4.11. The summed E-state index contributed by atoms with van der Waals surface area (Å²) in [4.78, 5) is 37.7. The number of carboxylic acids is 1. The van der Waals surface area contributed by atoms with E-state index in [1.54, 1.807) is 36.4 Å². The molecule has 0 spiro atoms. The van der Waals surface area contributed by atoms with Crippen molar-refractivity contribution in [3.63, 3.8) is 0 Å².